The van der Waals surface area contributed by atoms with E-state index in [2.05, 4.69) is 17.6 Å². The van der Waals surface area contributed by atoms with Crippen LogP contribution in [0.15, 0.2) is 4.99 Å². The molecule has 1 aliphatic heterocycles. The predicted molar refractivity (Wildman–Crippen MR) is 122 cm³/mol. The molecule has 1 atom stereocenters. The predicted octanol–water partition coefficient (Wildman–Crippen LogP) is 2.69. The molecule has 0 spiro atoms. The molecule has 0 radical (unpaired) electrons. The lowest BCUT2D eigenvalue weighted by molar-refractivity contribution is -0.135. The summed E-state index contributed by atoms with van der Waals surface area (Å²) in [5.41, 5.74) is -0.496. The van der Waals surface area contributed by atoms with Crippen molar-refractivity contribution < 1.29 is 14.3 Å². The Balaban J connectivity index is 2.52. The fraction of sp³-hybridized carbons (Fsp3) is 0.864. The van der Waals surface area contributed by atoms with E-state index in [0.717, 1.165) is 38.4 Å². The van der Waals surface area contributed by atoms with Gasteiger partial charge in [0, 0.05) is 51.7 Å². The maximum absolute atomic E-state index is 12.2. The second kappa shape index (κ2) is 12.0. The molecule has 1 unspecified atom stereocenters. The van der Waals surface area contributed by atoms with Crippen LogP contribution in [0.3, 0.4) is 0 Å². The normalized spacial score (nSPS) is 17.0. The van der Waals surface area contributed by atoms with Gasteiger partial charge in [-0.3, -0.25) is 9.79 Å². The van der Waals surface area contributed by atoms with Crippen molar-refractivity contribution in [2.45, 2.75) is 73.0 Å². The SMILES string of the molecule is CCNC(=NCC(C)CN(C)C(=O)OC(C)(C)C)NC1CCN(C(=O)C(C)C)CC1. The zero-order valence-electron chi connectivity index (χ0n) is 20.2. The molecule has 8 heteroatoms. The number of guanidine groups is 1. The molecule has 0 aromatic carbocycles. The van der Waals surface area contributed by atoms with Crippen LogP contribution < -0.4 is 10.6 Å². The lowest BCUT2D eigenvalue weighted by Gasteiger charge is -2.34. The highest BCUT2D eigenvalue weighted by atomic mass is 16.6. The summed E-state index contributed by atoms with van der Waals surface area (Å²) >= 11 is 0. The molecule has 0 aliphatic carbocycles. The minimum atomic E-state index is -0.496. The summed E-state index contributed by atoms with van der Waals surface area (Å²) in [6, 6.07) is 0.304. The molecule has 30 heavy (non-hydrogen) atoms. The first-order chi connectivity index (χ1) is 13.9. The largest absolute Gasteiger partial charge is 0.444 e. The first-order valence-corrected chi connectivity index (χ1v) is 11.2. The summed E-state index contributed by atoms with van der Waals surface area (Å²) in [5.74, 6) is 1.27. The van der Waals surface area contributed by atoms with E-state index in [1.807, 2.05) is 46.4 Å². The summed E-state index contributed by atoms with van der Waals surface area (Å²) in [7, 11) is 1.75. The van der Waals surface area contributed by atoms with E-state index in [0.29, 0.717) is 19.1 Å². The number of hydrogen-bond donors (Lipinski definition) is 2. The summed E-state index contributed by atoms with van der Waals surface area (Å²) in [5, 5.41) is 6.80. The van der Waals surface area contributed by atoms with Gasteiger partial charge in [-0.05, 0) is 46.5 Å². The summed E-state index contributed by atoms with van der Waals surface area (Å²) in [6.45, 7) is 17.1. The average Bonchev–Trinajstić information content (AvgIpc) is 2.64. The second-order valence-electron chi connectivity index (χ2n) is 9.58. The Kier molecular flexibility index (Phi) is 10.4. The topological polar surface area (TPSA) is 86.3 Å². The Morgan fingerprint density at radius 3 is 2.30 bits per heavy atom. The van der Waals surface area contributed by atoms with Gasteiger partial charge in [0.2, 0.25) is 5.91 Å². The number of likely N-dealkylation sites (tertiary alicyclic amines) is 1. The minimum absolute atomic E-state index is 0.0497. The number of rotatable bonds is 7. The van der Waals surface area contributed by atoms with Gasteiger partial charge in [0.15, 0.2) is 5.96 Å². The van der Waals surface area contributed by atoms with E-state index >= 15 is 0 Å². The molecule has 1 saturated heterocycles. The van der Waals surface area contributed by atoms with Crippen molar-refractivity contribution in [2.75, 3.05) is 39.8 Å². The molecule has 2 N–H and O–H groups in total. The lowest BCUT2D eigenvalue weighted by Crippen LogP contribution is -2.50. The minimum Gasteiger partial charge on any atom is -0.444 e. The van der Waals surface area contributed by atoms with Gasteiger partial charge in [-0.1, -0.05) is 20.8 Å². The molecule has 1 rings (SSSR count). The van der Waals surface area contributed by atoms with E-state index in [1.165, 1.54) is 0 Å². The first kappa shape index (κ1) is 26.0. The molecular weight excluding hydrogens is 382 g/mol. The number of carbonyl (C=O) groups excluding carboxylic acids is 2. The van der Waals surface area contributed by atoms with Crippen molar-refractivity contribution in [3.8, 4) is 0 Å². The molecule has 8 nitrogen and oxygen atoms in total. The zero-order chi connectivity index (χ0) is 22.9. The highest BCUT2D eigenvalue weighted by molar-refractivity contribution is 5.80. The van der Waals surface area contributed by atoms with Gasteiger partial charge < -0.3 is 25.2 Å². The summed E-state index contributed by atoms with van der Waals surface area (Å²) in [4.78, 5) is 32.6. The average molecular weight is 426 g/mol. The molecule has 1 aliphatic rings. The standard InChI is InChI=1S/C22H43N5O3/c1-9-23-20(25-18-10-12-27(13-11-18)19(28)16(2)3)24-14-17(4)15-26(8)21(29)30-22(5,6)7/h16-18H,9-15H2,1-8H3,(H2,23,24,25). The first-order valence-electron chi connectivity index (χ1n) is 11.2. The smallest absolute Gasteiger partial charge is 0.410 e. The van der Waals surface area contributed by atoms with Crippen LogP contribution in [0.5, 0.6) is 0 Å². The molecule has 1 heterocycles. The lowest BCUT2D eigenvalue weighted by atomic mass is 10.0. The van der Waals surface area contributed by atoms with Gasteiger partial charge in [-0.25, -0.2) is 4.79 Å². The van der Waals surface area contributed by atoms with Crippen molar-refractivity contribution in [3.63, 3.8) is 0 Å². The van der Waals surface area contributed by atoms with Gasteiger partial charge in [-0.15, -0.1) is 0 Å². The molecule has 0 aromatic rings. The van der Waals surface area contributed by atoms with E-state index in [1.54, 1.807) is 11.9 Å². The number of carbonyl (C=O) groups is 2. The maximum Gasteiger partial charge on any atom is 0.410 e. The van der Waals surface area contributed by atoms with Crippen LogP contribution in [0, 0.1) is 11.8 Å². The van der Waals surface area contributed by atoms with Crippen molar-refractivity contribution in [2.24, 2.45) is 16.8 Å². The molecular formula is C22H43N5O3. The Bertz CT molecular complexity index is 578. The summed E-state index contributed by atoms with van der Waals surface area (Å²) < 4.78 is 5.40. The Labute approximate surface area is 182 Å². The van der Waals surface area contributed by atoms with Crippen LogP contribution >= 0.6 is 0 Å². The van der Waals surface area contributed by atoms with Crippen LogP contribution in [0.1, 0.15) is 61.3 Å². The van der Waals surface area contributed by atoms with E-state index < -0.39 is 5.60 Å². The van der Waals surface area contributed by atoms with Crippen LogP contribution in [0.2, 0.25) is 0 Å². The quantitative estimate of drug-likeness (QED) is 0.484. The van der Waals surface area contributed by atoms with Gasteiger partial charge in [-0.2, -0.15) is 0 Å². The molecule has 0 bridgehead atoms. The van der Waals surface area contributed by atoms with E-state index in [4.69, 9.17) is 9.73 Å². The van der Waals surface area contributed by atoms with E-state index in [9.17, 15) is 9.59 Å². The van der Waals surface area contributed by atoms with Crippen LogP contribution in [0.25, 0.3) is 0 Å². The van der Waals surface area contributed by atoms with Gasteiger partial charge in [0.1, 0.15) is 5.60 Å². The number of amides is 2. The number of nitrogens with zero attached hydrogens (tertiary/aromatic N) is 3. The highest BCUT2D eigenvalue weighted by Crippen LogP contribution is 2.13. The highest BCUT2D eigenvalue weighted by Gasteiger charge is 2.25. The monoisotopic (exact) mass is 425 g/mol. The molecule has 0 aromatic heterocycles. The van der Waals surface area contributed by atoms with Gasteiger partial charge in [0.05, 0.1) is 0 Å². The molecule has 174 valence electrons. The Hall–Kier alpha value is -1.99. The Morgan fingerprint density at radius 1 is 1.20 bits per heavy atom. The van der Waals surface area contributed by atoms with Crippen molar-refractivity contribution >= 4 is 18.0 Å². The van der Waals surface area contributed by atoms with Gasteiger partial charge >= 0.3 is 6.09 Å². The second-order valence-corrected chi connectivity index (χ2v) is 9.58. The van der Waals surface area contributed by atoms with Crippen molar-refractivity contribution in [3.05, 3.63) is 0 Å². The third kappa shape index (κ3) is 9.67. The fourth-order valence-corrected chi connectivity index (χ4v) is 3.31. The third-order valence-corrected chi connectivity index (χ3v) is 4.84. The molecule has 1 fully saturated rings. The number of hydrogen-bond acceptors (Lipinski definition) is 4. The number of aliphatic imine (C=N–C) groups is 1. The number of piperidine rings is 1. The number of nitrogens with one attached hydrogen (secondary N) is 2. The van der Waals surface area contributed by atoms with Gasteiger partial charge in [0.25, 0.3) is 0 Å². The zero-order valence-corrected chi connectivity index (χ0v) is 20.2. The molecule has 2 amide bonds. The Morgan fingerprint density at radius 2 is 1.80 bits per heavy atom. The number of ether oxygens (including phenoxy) is 1. The van der Waals surface area contributed by atoms with E-state index in [-0.39, 0.29) is 23.8 Å². The van der Waals surface area contributed by atoms with Crippen LogP contribution in [-0.4, -0.2) is 79.2 Å². The van der Waals surface area contributed by atoms with Crippen molar-refractivity contribution in [1.82, 2.24) is 20.4 Å². The van der Waals surface area contributed by atoms with Crippen LogP contribution in [-0.2, 0) is 9.53 Å². The molecule has 0 saturated carbocycles. The fourth-order valence-electron chi connectivity index (χ4n) is 3.31. The van der Waals surface area contributed by atoms with Crippen LogP contribution in [0.4, 0.5) is 4.79 Å². The maximum atomic E-state index is 12.2. The summed E-state index contributed by atoms with van der Waals surface area (Å²) in [6.07, 6.45) is 1.52. The third-order valence-electron chi connectivity index (χ3n) is 4.84. The van der Waals surface area contributed by atoms with Crippen molar-refractivity contribution in [1.29, 1.82) is 0 Å².